The molecule has 1 heterocycles. The number of hydrogen-bond acceptors (Lipinski definition) is 5. The van der Waals surface area contributed by atoms with Crippen LogP contribution in [0.1, 0.15) is 11.3 Å². The molecule has 1 N–H and O–H groups in total. The van der Waals surface area contributed by atoms with Gasteiger partial charge in [-0.3, -0.25) is 4.72 Å². The van der Waals surface area contributed by atoms with Crippen LogP contribution in [0.4, 0.5) is 37.8 Å². The van der Waals surface area contributed by atoms with E-state index < -0.39 is 60.2 Å². The molecular formula is C15H10Cl2F6N6O2S. The lowest BCUT2D eigenvalue weighted by molar-refractivity contribution is -0.137. The molecule has 32 heavy (non-hydrogen) atoms. The molecular weight excluding hydrogens is 513 g/mol. The summed E-state index contributed by atoms with van der Waals surface area (Å²) in [5.74, 6) is -0.702. The molecule has 1 aromatic heterocycles. The van der Waals surface area contributed by atoms with Gasteiger partial charge in [0.2, 0.25) is 0 Å². The Labute approximate surface area is 186 Å². The molecule has 0 spiro atoms. The third-order valence-corrected chi connectivity index (χ3v) is 5.13. The lowest BCUT2D eigenvalue weighted by Crippen LogP contribution is -2.30. The summed E-state index contributed by atoms with van der Waals surface area (Å²) in [6.45, 7) is 0. The molecule has 17 heteroatoms. The van der Waals surface area contributed by atoms with E-state index in [1.165, 1.54) is 29.8 Å². The number of anilines is 1. The van der Waals surface area contributed by atoms with Crippen LogP contribution in [0.2, 0.25) is 10.0 Å². The highest BCUT2D eigenvalue weighted by atomic mass is 35.5. The van der Waals surface area contributed by atoms with E-state index >= 15 is 0 Å². The van der Waals surface area contributed by atoms with Gasteiger partial charge in [-0.05, 0) is 12.1 Å². The molecule has 0 radical (unpaired) electrons. The van der Waals surface area contributed by atoms with E-state index in [0.29, 0.717) is 16.8 Å². The Bertz CT molecular complexity index is 1190. The van der Waals surface area contributed by atoms with Crippen molar-refractivity contribution >= 4 is 51.1 Å². The Morgan fingerprint density at radius 3 is 2.12 bits per heavy atom. The van der Waals surface area contributed by atoms with E-state index in [2.05, 4.69) is 10.1 Å². The molecule has 174 valence electrons. The molecule has 0 aliphatic heterocycles. The van der Waals surface area contributed by atoms with E-state index in [4.69, 9.17) is 23.2 Å². The second kappa shape index (κ2) is 8.68. The van der Waals surface area contributed by atoms with Crippen LogP contribution in [0.5, 0.6) is 0 Å². The van der Waals surface area contributed by atoms with Crippen molar-refractivity contribution in [1.82, 2.24) is 14.7 Å². The van der Waals surface area contributed by atoms with Crippen molar-refractivity contribution in [2.45, 2.75) is 11.7 Å². The topological polar surface area (TPSA) is 103 Å². The lowest BCUT2D eigenvalue weighted by atomic mass is 10.2. The first-order valence-corrected chi connectivity index (χ1v) is 10.1. The number of nitrogens with one attached hydrogen (secondary N) is 1. The molecule has 0 atom stereocenters. The van der Waals surface area contributed by atoms with Crippen molar-refractivity contribution in [3.63, 3.8) is 0 Å². The lowest BCUT2D eigenvalue weighted by Gasteiger charge is -2.14. The summed E-state index contributed by atoms with van der Waals surface area (Å²) >= 11 is 11.8. The number of hydrogen-bond donors (Lipinski definition) is 1. The molecule has 8 nitrogen and oxygen atoms in total. The smallest absolute Gasteiger partial charge is 0.369 e. The summed E-state index contributed by atoms with van der Waals surface area (Å²) in [7, 11) is -3.11. The SMILES string of the molecule is CN(C)/C=N/c1c(NS(=O)(=O)C(F)(F)F)c(C#N)nn1-c1c(Cl)cc(C(F)(F)F)cc1Cl. The quantitative estimate of drug-likeness (QED) is 0.352. The van der Waals surface area contributed by atoms with Crippen molar-refractivity contribution in [1.29, 1.82) is 5.26 Å². The normalized spacial score (nSPS) is 12.8. The highest BCUT2D eigenvalue weighted by molar-refractivity contribution is 7.93. The van der Waals surface area contributed by atoms with Crippen molar-refractivity contribution in [2.24, 2.45) is 4.99 Å². The number of nitriles is 1. The predicted molar refractivity (Wildman–Crippen MR) is 104 cm³/mol. The van der Waals surface area contributed by atoms with Crippen LogP contribution in [0.15, 0.2) is 17.1 Å². The highest BCUT2D eigenvalue weighted by Crippen LogP contribution is 2.41. The van der Waals surface area contributed by atoms with Gasteiger partial charge in [-0.25, -0.2) is 9.67 Å². The first-order valence-electron chi connectivity index (χ1n) is 7.89. The third kappa shape index (κ3) is 5.19. The zero-order chi connectivity index (χ0) is 24.6. The fraction of sp³-hybridized carbons (Fsp3) is 0.267. The van der Waals surface area contributed by atoms with Gasteiger partial charge >= 0.3 is 21.7 Å². The van der Waals surface area contributed by atoms with Gasteiger partial charge in [0, 0.05) is 14.1 Å². The Hall–Kier alpha value is -2.70. The largest absolute Gasteiger partial charge is 0.516 e. The summed E-state index contributed by atoms with van der Waals surface area (Å²) in [5.41, 5.74) is -9.35. The summed E-state index contributed by atoms with van der Waals surface area (Å²) in [5, 5.41) is 11.6. The fourth-order valence-corrected chi connectivity index (χ4v) is 3.37. The van der Waals surface area contributed by atoms with Gasteiger partial charge in [-0.2, -0.15) is 45.1 Å². The number of aromatic nitrogens is 2. The molecule has 0 amide bonds. The first kappa shape index (κ1) is 25.6. The number of halogens is 8. The maximum atomic E-state index is 13.0. The van der Waals surface area contributed by atoms with Crippen LogP contribution in [0.3, 0.4) is 0 Å². The standard InChI is InChI=1S/C15H10Cl2F6N6O2S/c1-28(2)6-25-13-11(27-32(30,31)15(21,22)23)10(5-24)26-29(13)12-8(16)3-7(4-9(12)17)14(18,19)20/h3-4,6,27H,1-2H3/b25-6+. The van der Waals surface area contributed by atoms with Gasteiger partial charge < -0.3 is 4.90 Å². The summed E-state index contributed by atoms with van der Waals surface area (Å²) in [4.78, 5) is 5.08. The monoisotopic (exact) mass is 522 g/mol. The average Bonchev–Trinajstić information content (AvgIpc) is 2.94. The number of rotatable bonds is 5. The minimum absolute atomic E-state index is 0.468. The average molecular weight is 523 g/mol. The molecule has 0 fully saturated rings. The van der Waals surface area contributed by atoms with Crippen LogP contribution in [0.25, 0.3) is 5.69 Å². The second-order valence-corrected chi connectivity index (χ2v) is 8.60. The maximum Gasteiger partial charge on any atom is 0.516 e. The second-order valence-electron chi connectivity index (χ2n) is 6.12. The fourth-order valence-electron chi connectivity index (χ4n) is 2.15. The van der Waals surface area contributed by atoms with Crippen molar-refractivity contribution in [3.8, 4) is 11.8 Å². The van der Waals surface area contributed by atoms with Gasteiger partial charge in [0.05, 0.1) is 21.9 Å². The number of sulfonamides is 1. The maximum absolute atomic E-state index is 13.0. The van der Waals surface area contributed by atoms with E-state index in [1.807, 2.05) is 0 Å². The molecule has 0 saturated carbocycles. The van der Waals surface area contributed by atoms with Crippen LogP contribution in [-0.2, 0) is 16.2 Å². The van der Waals surface area contributed by atoms with E-state index in [0.717, 1.165) is 6.34 Å². The van der Waals surface area contributed by atoms with Crippen LogP contribution in [0, 0.1) is 11.3 Å². The summed E-state index contributed by atoms with van der Waals surface area (Å²) in [6.07, 6.45) is -3.82. The highest BCUT2D eigenvalue weighted by Gasteiger charge is 2.47. The van der Waals surface area contributed by atoms with E-state index in [-0.39, 0.29) is 0 Å². The molecule has 0 unspecified atom stereocenters. The summed E-state index contributed by atoms with van der Waals surface area (Å²) < 4.78 is 102. The minimum Gasteiger partial charge on any atom is -0.369 e. The molecule has 0 bridgehead atoms. The predicted octanol–water partition coefficient (Wildman–Crippen LogP) is 4.55. The Morgan fingerprint density at radius 1 is 1.19 bits per heavy atom. The molecule has 2 rings (SSSR count). The molecule has 0 saturated heterocycles. The third-order valence-electron chi connectivity index (χ3n) is 3.48. The Balaban J connectivity index is 2.86. The van der Waals surface area contributed by atoms with E-state index in [9.17, 15) is 40.0 Å². The molecule has 2 aromatic rings. The molecule has 0 aliphatic carbocycles. The van der Waals surface area contributed by atoms with Crippen LogP contribution < -0.4 is 4.72 Å². The number of nitrogens with zero attached hydrogens (tertiary/aromatic N) is 5. The van der Waals surface area contributed by atoms with Gasteiger partial charge in [-0.15, -0.1) is 0 Å². The molecule has 0 aliphatic rings. The van der Waals surface area contributed by atoms with Crippen molar-refractivity contribution in [2.75, 3.05) is 18.8 Å². The van der Waals surface area contributed by atoms with Gasteiger partial charge in [0.15, 0.2) is 11.5 Å². The van der Waals surface area contributed by atoms with Gasteiger partial charge in [-0.1, -0.05) is 23.2 Å². The number of aliphatic imine (C=N–C) groups is 1. The van der Waals surface area contributed by atoms with Gasteiger partial charge in [0.25, 0.3) is 0 Å². The Morgan fingerprint density at radius 2 is 1.72 bits per heavy atom. The first-order chi connectivity index (χ1) is 14.5. The minimum atomic E-state index is -6.02. The van der Waals surface area contributed by atoms with Crippen molar-refractivity contribution < 1.29 is 34.8 Å². The number of alkyl halides is 6. The number of benzene rings is 1. The van der Waals surface area contributed by atoms with Gasteiger partial charge in [0.1, 0.15) is 17.4 Å². The zero-order valence-electron chi connectivity index (χ0n) is 15.7. The van der Waals surface area contributed by atoms with Crippen molar-refractivity contribution in [3.05, 3.63) is 33.4 Å². The summed E-state index contributed by atoms with van der Waals surface area (Å²) in [6, 6.07) is 2.32. The van der Waals surface area contributed by atoms with E-state index in [1.54, 1.807) is 0 Å². The zero-order valence-corrected chi connectivity index (χ0v) is 18.0. The van der Waals surface area contributed by atoms with Crippen LogP contribution in [-0.4, -0.2) is 49.0 Å². The van der Waals surface area contributed by atoms with Crippen LogP contribution >= 0.6 is 23.2 Å². The Kier molecular flexibility index (Phi) is 6.93. The molecule has 1 aromatic carbocycles.